The first-order valence-corrected chi connectivity index (χ1v) is 13.5. The van der Waals surface area contributed by atoms with E-state index < -0.39 is 37.9 Å². The van der Waals surface area contributed by atoms with Gasteiger partial charge in [-0.2, -0.15) is 16.8 Å². The molecule has 10 heteroatoms. The fraction of sp³-hybridized carbons (Fsp3) is 0.810. The molecule has 4 aliphatic carbocycles. The summed E-state index contributed by atoms with van der Waals surface area (Å²) in [4.78, 5) is 0. The van der Waals surface area contributed by atoms with Gasteiger partial charge in [-0.15, -0.1) is 6.42 Å². The minimum absolute atomic E-state index is 0.167. The van der Waals surface area contributed by atoms with E-state index in [1.54, 1.807) is 0 Å². The van der Waals surface area contributed by atoms with E-state index in [0.29, 0.717) is 43.4 Å². The molecule has 0 unspecified atom stereocenters. The molecule has 2 fully saturated rings. The van der Waals surface area contributed by atoms with Crippen molar-refractivity contribution in [1.29, 1.82) is 0 Å². The van der Waals surface area contributed by atoms with Gasteiger partial charge in [-0.3, -0.25) is 9.11 Å². The smallest absolute Gasteiger partial charge is 0.264 e. The van der Waals surface area contributed by atoms with Crippen LogP contribution in [0.25, 0.3) is 0 Å². The monoisotopic (exact) mass is 474 g/mol. The molecule has 0 aliphatic heterocycles. The van der Waals surface area contributed by atoms with Gasteiger partial charge < -0.3 is 0 Å². The minimum Gasteiger partial charge on any atom is -0.264 e. The summed E-state index contributed by atoms with van der Waals surface area (Å²) in [6, 6.07) is 0. The lowest BCUT2D eigenvalue weighted by Gasteiger charge is -2.55. The predicted molar refractivity (Wildman–Crippen MR) is 112 cm³/mol. The first kappa shape index (κ1) is 23.2. The SMILES string of the molecule is C#C[C@]1(OS(=O)(=O)O)CC[C@H]2[C@@H]3[C@H](C)CC4=C(CC[C@H](OS(=O)(=O)O)C4)[C@H]3CC[C@@]21C. The van der Waals surface area contributed by atoms with Crippen molar-refractivity contribution in [3.63, 3.8) is 0 Å². The van der Waals surface area contributed by atoms with Crippen LogP contribution in [0.2, 0.25) is 0 Å². The third-order valence-electron chi connectivity index (χ3n) is 8.53. The highest BCUT2D eigenvalue weighted by atomic mass is 32.3. The Morgan fingerprint density at radius 1 is 1.06 bits per heavy atom. The van der Waals surface area contributed by atoms with Gasteiger partial charge in [0.15, 0.2) is 5.60 Å². The number of rotatable bonds is 4. The average Bonchev–Trinajstić information content (AvgIpc) is 2.91. The number of hydrogen-bond donors (Lipinski definition) is 2. The summed E-state index contributed by atoms with van der Waals surface area (Å²) in [5, 5.41) is 0. The summed E-state index contributed by atoms with van der Waals surface area (Å²) in [7, 11) is -9.16. The molecule has 7 atom stereocenters. The van der Waals surface area contributed by atoms with E-state index in [4.69, 9.17) is 19.3 Å². The van der Waals surface area contributed by atoms with E-state index in [9.17, 15) is 21.4 Å². The van der Waals surface area contributed by atoms with Gasteiger partial charge in [-0.1, -0.05) is 30.9 Å². The highest BCUT2D eigenvalue weighted by Crippen LogP contribution is 2.66. The van der Waals surface area contributed by atoms with Gasteiger partial charge >= 0.3 is 20.8 Å². The van der Waals surface area contributed by atoms with Crippen LogP contribution < -0.4 is 0 Å². The van der Waals surface area contributed by atoms with Crippen LogP contribution in [0.4, 0.5) is 0 Å². The van der Waals surface area contributed by atoms with Gasteiger partial charge in [-0.05, 0) is 75.0 Å². The van der Waals surface area contributed by atoms with Gasteiger partial charge in [0.2, 0.25) is 0 Å². The quantitative estimate of drug-likeness (QED) is 0.361. The molecule has 0 bridgehead atoms. The van der Waals surface area contributed by atoms with Gasteiger partial charge in [0.05, 0.1) is 6.10 Å². The maximum absolute atomic E-state index is 11.6. The largest absolute Gasteiger partial charge is 0.398 e. The fourth-order valence-corrected chi connectivity index (χ4v) is 8.60. The lowest BCUT2D eigenvalue weighted by Crippen LogP contribution is -2.54. The molecule has 8 nitrogen and oxygen atoms in total. The fourth-order valence-electron chi connectivity index (χ4n) is 7.41. The van der Waals surface area contributed by atoms with Crippen molar-refractivity contribution in [3.05, 3.63) is 11.1 Å². The summed E-state index contributed by atoms with van der Waals surface area (Å²) in [5.41, 5.74) is 0.698. The maximum atomic E-state index is 11.6. The first-order valence-electron chi connectivity index (χ1n) is 10.8. The second kappa shape index (κ2) is 7.54. The topological polar surface area (TPSA) is 127 Å². The summed E-state index contributed by atoms with van der Waals surface area (Å²) in [6.45, 7) is 4.18. The first-order chi connectivity index (χ1) is 14.3. The van der Waals surface area contributed by atoms with Crippen molar-refractivity contribution >= 4 is 20.8 Å². The van der Waals surface area contributed by atoms with E-state index in [-0.39, 0.29) is 5.92 Å². The van der Waals surface area contributed by atoms with Crippen LogP contribution in [0.5, 0.6) is 0 Å². The number of fused-ring (bicyclic) bond motifs is 4. The number of allylic oxidation sites excluding steroid dienone is 1. The molecule has 0 amide bonds. The minimum atomic E-state index is -4.69. The van der Waals surface area contributed by atoms with Crippen molar-refractivity contribution in [3.8, 4) is 12.3 Å². The zero-order valence-electron chi connectivity index (χ0n) is 17.8. The van der Waals surface area contributed by atoms with Crippen LogP contribution >= 0.6 is 0 Å². The lowest BCUT2D eigenvalue weighted by molar-refractivity contribution is -0.0694. The molecule has 0 aromatic carbocycles. The molecule has 4 aliphatic rings. The Hall–Kier alpha value is -0.960. The Labute approximate surface area is 184 Å². The summed E-state index contributed by atoms with van der Waals surface area (Å²) >= 11 is 0. The highest BCUT2D eigenvalue weighted by molar-refractivity contribution is 7.81. The van der Waals surface area contributed by atoms with Gasteiger partial charge in [-0.25, -0.2) is 8.37 Å². The van der Waals surface area contributed by atoms with Crippen LogP contribution in [-0.4, -0.2) is 37.6 Å². The lowest BCUT2D eigenvalue weighted by atomic mass is 9.50. The van der Waals surface area contributed by atoms with Crippen molar-refractivity contribution in [2.24, 2.45) is 29.1 Å². The van der Waals surface area contributed by atoms with Crippen LogP contribution in [0, 0.1) is 41.4 Å². The molecule has 2 saturated carbocycles. The summed E-state index contributed by atoms with van der Waals surface area (Å²) in [5.74, 6) is 3.72. The van der Waals surface area contributed by atoms with Gasteiger partial charge in [0.25, 0.3) is 0 Å². The van der Waals surface area contributed by atoms with Gasteiger partial charge in [0, 0.05) is 5.41 Å². The van der Waals surface area contributed by atoms with E-state index in [2.05, 4.69) is 12.8 Å². The third kappa shape index (κ3) is 3.98. The predicted octanol–water partition coefficient (Wildman–Crippen LogP) is 3.33. The van der Waals surface area contributed by atoms with Crippen LogP contribution in [0.15, 0.2) is 11.1 Å². The van der Waals surface area contributed by atoms with Crippen molar-refractivity contribution < 1.29 is 34.3 Å². The van der Waals surface area contributed by atoms with Crippen LogP contribution in [0.1, 0.15) is 65.2 Å². The van der Waals surface area contributed by atoms with E-state index in [1.165, 1.54) is 11.1 Å². The molecule has 0 heterocycles. The second-order valence-corrected chi connectivity index (χ2v) is 12.0. The Bertz CT molecular complexity index is 1040. The Kier molecular flexibility index (Phi) is 5.64. The Balaban J connectivity index is 1.63. The van der Waals surface area contributed by atoms with Crippen LogP contribution in [-0.2, 0) is 29.2 Å². The molecule has 174 valence electrons. The molecule has 0 aromatic rings. The molecule has 0 spiro atoms. The molecule has 0 aromatic heterocycles. The number of terminal acetylenes is 1. The maximum Gasteiger partial charge on any atom is 0.398 e. The van der Waals surface area contributed by atoms with Gasteiger partial charge in [0.1, 0.15) is 0 Å². The highest BCUT2D eigenvalue weighted by Gasteiger charge is 2.65. The molecule has 31 heavy (non-hydrogen) atoms. The van der Waals surface area contributed by atoms with Crippen molar-refractivity contribution in [2.75, 3.05) is 0 Å². The number of hydrogen-bond acceptors (Lipinski definition) is 6. The Morgan fingerprint density at radius 2 is 1.77 bits per heavy atom. The second-order valence-electron chi connectivity index (χ2n) is 9.97. The molecule has 2 N–H and O–H groups in total. The van der Waals surface area contributed by atoms with E-state index in [0.717, 1.165) is 25.7 Å². The van der Waals surface area contributed by atoms with Crippen molar-refractivity contribution in [2.45, 2.75) is 76.9 Å². The standard InChI is InChI=1S/C21H30O8S2/c1-4-21(29-31(25,26)27)10-8-18-19-13(2)11-14-12-15(28-30(22,23)24)5-6-16(14)17(19)7-9-20(18,21)3/h1,13,15,17-19H,5-12H2,2-3H3,(H,22,23,24)(H,25,26,27)/t13-,15+,17-,18+,19-,20+,21+/m1/s1. The Morgan fingerprint density at radius 3 is 2.39 bits per heavy atom. The normalized spacial score (nSPS) is 43.0. The molecular weight excluding hydrogens is 444 g/mol. The molecule has 0 saturated heterocycles. The zero-order valence-corrected chi connectivity index (χ0v) is 19.4. The molecule has 0 radical (unpaired) electrons. The zero-order chi connectivity index (χ0) is 22.8. The van der Waals surface area contributed by atoms with Crippen LogP contribution in [0.3, 0.4) is 0 Å². The summed E-state index contributed by atoms with van der Waals surface area (Å²) in [6.07, 6.45) is 10.5. The molecular formula is C21H30O8S2. The third-order valence-corrected chi connectivity index (χ3v) is 9.54. The van der Waals surface area contributed by atoms with Crippen molar-refractivity contribution in [1.82, 2.24) is 0 Å². The van der Waals surface area contributed by atoms with E-state index >= 15 is 0 Å². The summed E-state index contributed by atoms with van der Waals surface area (Å²) < 4.78 is 73.9. The van der Waals surface area contributed by atoms with E-state index in [1.807, 2.05) is 6.92 Å². The average molecular weight is 475 g/mol. The molecule has 4 rings (SSSR count).